The van der Waals surface area contributed by atoms with E-state index >= 15 is 0 Å². The molecule has 0 aromatic heterocycles. The first kappa shape index (κ1) is 11.3. The predicted molar refractivity (Wildman–Crippen MR) is 63.0 cm³/mol. The van der Waals surface area contributed by atoms with Crippen LogP contribution in [0.4, 0.5) is 0 Å². The molecule has 0 saturated heterocycles. The molecule has 0 spiro atoms. The molecule has 1 aliphatic rings. The summed E-state index contributed by atoms with van der Waals surface area (Å²) in [6, 6.07) is 5.78. The Balaban J connectivity index is 2.32. The summed E-state index contributed by atoms with van der Waals surface area (Å²) >= 11 is 11.8. The smallest absolute Gasteiger partial charge is 0.307 e. The van der Waals surface area contributed by atoms with Crippen molar-refractivity contribution in [3.05, 3.63) is 23.8 Å². The van der Waals surface area contributed by atoms with Crippen LogP contribution in [0, 0.1) is 0 Å². The van der Waals surface area contributed by atoms with E-state index in [1.807, 2.05) is 32.0 Å². The highest BCUT2D eigenvalue weighted by molar-refractivity contribution is 7.39. The number of fused-ring (bicyclic) bond motifs is 1. The summed E-state index contributed by atoms with van der Waals surface area (Å²) in [7, 11) is -1.44. The van der Waals surface area contributed by atoms with Crippen LogP contribution < -0.4 is 9.92 Å². The molecule has 0 fully saturated rings. The maximum absolute atomic E-state index is 5.89. The Bertz CT molecular complexity index is 380. The van der Waals surface area contributed by atoms with E-state index in [9.17, 15) is 0 Å². The van der Waals surface area contributed by atoms with Gasteiger partial charge in [0.05, 0.1) is 6.61 Å². The molecule has 1 radical (unpaired) electrons. The van der Waals surface area contributed by atoms with E-state index in [1.165, 1.54) is 0 Å². The number of halogens is 2. The third-order valence-corrected chi connectivity index (χ3v) is 4.27. The highest BCUT2D eigenvalue weighted by Gasteiger charge is 2.27. The maximum Gasteiger partial charge on any atom is 0.307 e. The normalized spacial score (nSPS) is 18.5. The van der Waals surface area contributed by atoms with Gasteiger partial charge >= 0.3 is 7.42 Å². The Hall–Kier alpha value is -0.223. The van der Waals surface area contributed by atoms with Crippen LogP contribution in [0.3, 0.4) is 0 Å². The molecular weight excluding hydrogens is 251 g/mol. The zero-order valence-corrected chi connectivity index (χ0v) is 11.0. The zero-order chi connectivity index (χ0) is 11.1. The van der Waals surface area contributed by atoms with Gasteiger partial charge in [-0.3, -0.25) is 0 Å². The number of benzene rings is 1. The van der Waals surface area contributed by atoms with E-state index in [2.05, 4.69) is 0 Å². The van der Waals surface area contributed by atoms with Crippen molar-refractivity contribution < 1.29 is 9.47 Å². The van der Waals surface area contributed by atoms with Crippen LogP contribution in [0.15, 0.2) is 18.2 Å². The van der Waals surface area contributed by atoms with Crippen molar-refractivity contribution in [2.75, 3.05) is 0 Å². The molecule has 0 amide bonds. The molecule has 5 heteroatoms. The van der Waals surface area contributed by atoms with Gasteiger partial charge in [-0.1, -0.05) is 12.1 Å². The quantitative estimate of drug-likeness (QED) is 0.572. The Labute approximate surface area is 100 Å². The lowest BCUT2D eigenvalue weighted by atomic mass is 10.2. The van der Waals surface area contributed by atoms with E-state index in [0.717, 1.165) is 16.5 Å². The van der Waals surface area contributed by atoms with Crippen molar-refractivity contribution >= 4 is 34.8 Å². The van der Waals surface area contributed by atoms with Crippen molar-refractivity contribution in [1.82, 2.24) is 0 Å². The lowest BCUT2D eigenvalue weighted by molar-refractivity contribution is -0.180. The molecule has 0 saturated carbocycles. The SMILES string of the molecule is CC1(C)OCc2cc([Si](Cl)Cl)ccc2O1. The highest BCUT2D eigenvalue weighted by Crippen LogP contribution is 2.30. The van der Waals surface area contributed by atoms with E-state index in [-0.39, 0.29) is 0 Å². The Morgan fingerprint density at radius 2 is 2.07 bits per heavy atom. The van der Waals surface area contributed by atoms with Gasteiger partial charge in [0.25, 0.3) is 0 Å². The summed E-state index contributed by atoms with van der Waals surface area (Å²) in [5.74, 6) is 0.302. The molecule has 1 heterocycles. The summed E-state index contributed by atoms with van der Waals surface area (Å²) in [4.78, 5) is 0. The molecule has 0 aliphatic carbocycles. The fourth-order valence-corrected chi connectivity index (χ4v) is 2.65. The number of ether oxygens (including phenoxy) is 2. The van der Waals surface area contributed by atoms with Crippen molar-refractivity contribution in [1.29, 1.82) is 0 Å². The lowest BCUT2D eigenvalue weighted by Gasteiger charge is -2.32. The number of hydrogen-bond acceptors (Lipinski definition) is 2. The number of hydrogen-bond donors (Lipinski definition) is 0. The number of rotatable bonds is 1. The molecule has 0 atom stereocenters. The minimum Gasteiger partial charge on any atom is -0.463 e. The van der Waals surface area contributed by atoms with E-state index in [1.54, 1.807) is 0 Å². The summed E-state index contributed by atoms with van der Waals surface area (Å²) in [6.07, 6.45) is 0. The lowest BCUT2D eigenvalue weighted by Crippen LogP contribution is -2.36. The van der Waals surface area contributed by atoms with Crippen LogP contribution in [0.25, 0.3) is 0 Å². The predicted octanol–water partition coefficient (Wildman–Crippen LogP) is 2.50. The van der Waals surface area contributed by atoms with Gasteiger partial charge in [-0.25, -0.2) is 0 Å². The van der Waals surface area contributed by atoms with Crippen LogP contribution in [0.2, 0.25) is 0 Å². The maximum atomic E-state index is 5.89. The molecule has 15 heavy (non-hydrogen) atoms. The monoisotopic (exact) mass is 261 g/mol. The molecule has 0 bridgehead atoms. The second-order valence-electron chi connectivity index (χ2n) is 3.87. The van der Waals surface area contributed by atoms with Crippen LogP contribution in [0.1, 0.15) is 19.4 Å². The topological polar surface area (TPSA) is 18.5 Å². The van der Waals surface area contributed by atoms with Gasteiger partial charge in [-0.05, 0) is 11.3 Å². The Morgan fingerprint density at radius 1 is 1.33 bits per heavy atom. The average Bonchev–Trinajstić information content (AvgIpc) is 2.15. The Morgan fingerprint density at radius 3 is 2.73 bits per heavy atom. The molecule has 1 aliphatic heterocycles. The van der Waals surface area contributed by atoms with Crippen LogP contribution >= 0.6 is 22.2 Å². The van der Waals surface area contributed by atoms with Crippen LogP contribution in [-0.4, -0.2) is 13.2 Å². The first-order valence-electron chi connectivity index (χ1n) is 4.62. The zero-order valence-electron chi connectivity index (χ0n) is 8.51. The highest BCUT2D eigenvalue weighted by atomic mass is 35.7. The second kappa shape index (κ2) is 3.98. The molecule has 2 nitrogen and oxygen atoms in total. The Kier molecular flexibility index (Phi) is 2.99. The van der Waals surface area contributed by atoms with E-state index in [4.69, 9.17) is 31.6 Å². The largest absolute Gasteiger partial charge is 0.463 e. The van der Waals surface area contributed by atoms with E-state index in [0.29, 0.717) is 6.61 Å². The molecule has 81 valence electrons. The standard InChI is InChI=1S/C10H11Cl2O2Si/c1-10(2)13-6-7-5-8(15(11)12)3-4-9(7)14-10/h3-5H,6H2,1-2H3. The molecule has 1 aromatic carbocycles. The molecule has 2 rings (SSSR count). The third-order valence-electron chi connectivity index (χ3n) is 2.21. The van der Waals surface area contributed by atoms with Crippen molar-refractivity contribution in [2.45, 2.75) is 26.2 Å². The first-order valence-corrected chi connectivity index (χ1v) is 8.14. The van der Waals surface area contributed by atoms with Gasteiger partial charge in [0.2, 0.25) is 5.79 Å². The summed E-state index contributed by atoms with van der Waals surface area (Å²) in [6.45, 7) is 4.32. The molecular formula is C10H11Cl2O2Si. The first-order chi connectivity index (χ1) is 6.98. The average molecular weight is 262 g/mol. The van der Waals surface area contributed by atoms with Crippen molar-refractivity contribution in [3.63, 3.8) is 0 Å². The van der Waals surface area contributed by atoms with Gasteiger partial charge in [0.1, 0.15) is 5.75 Å². The summed E-state index contributed by atoms with van der Waals surface area (Å²) < 4.78 is 11.2. The fourth-order valence-electron chi connectivity index (χ4n) is 1.46. The second-order valence-corrected chi connectivity index (χ2v) is 7.82. The van der Waals surface area contributed by atoms with Crippen LogP contribution in [-0.2, 0) is 11.3 Å². The van der Waals surface area contributed by atoms with Gasteiger partial charge in [-0.2, -0.15) is 0 Å². The molecule has 0 N–H and O–H groups in total. The van der Waals surface area contributed by atoms with E-state index < -0.39 is 13.2 Å². The summed E-state index contributed by atoms with van der Waals surface area (Å²) in [5, 5.41) is 0.967. The molecule has 1 aromatic rings. The van der Waals surface area contributed by atoms with Gasteiger partial charge in [0, 0.05) is 19.4 Å². The summed E-state index contributed by atoms with van der Waals surface area (Å²) in [5.41, 5.74) is 1.01. The van der Waals surface area contributed by atoms with Gasteiger partial charge < -0.3 is 9.47 Å². The van der Waals surface area contributed by atoms with Crippen molar-refractivity contribution in [3.8, 4) is 5.75 Å². The minimum atomic E-state index is -1.44. The van der Waals surface area contributed by atoms with Crippen molar-refractivity contribution in [2.24, 2.45) is 0 Å². The van der Waals surface area contributed by atoms with Gasteiger partial charge in [0.15, 0.2) is 0 Å². The van der Waals surface area contributed by atoms with Crippen LogP contribution in [0.5, 0.6) is 5.75 Å². The van der Waals surface area contributed by atoms with Gasteiger partial charge in [-0.15, -0.1) is 22.2 Å². The third kappa shape index (κ3) is 2.48. The molecule has 0 unspecified atom stereocenters. The minimum absolute atomic E-state index is 0.541. The fraction of sp³-hybridized carbons (Fsp3) is 0.400.